The number of aryl methyl sites for hydroxylation is 1. The van der Waals surface area contributed by atoms with E-state index in [4.69, 9.17) is 0 Å². The number of aliphatic carboxylic acids is 1. The second-order valence-corrected chi connectivity index (χ2v) is 8.22. The number of carbonyl (C=O) groups is 3. The quantitative estimate of drug-likeness (QED) is 0.293. The zero-order valence-corrected chi connectivity index (χ0v) is 19.1. The lowest BCUT2D eigenvalue weighted by molar-refractivity contribution is -0.141. The molecular formula is C28H25N3O4. The fourth-order valence-corrected chi connectivity index (χ4v) is 3.73. The van der Waals surface area contributed by atoms with E-state index in [0.29, 0.717) is 11.1 Å². The number of carbonyl (C=O) groups excluding carboxylic acids is 2. The number of nitrogens with one attached hydrogen (secondary N) is 3. The van der Waals surface area contributed by atoms with Gasteiger partial charge in [-0.15, -0.1) is 0 Å². The summed E-state index contributed by atoms with van der Waals surface area (Å²) in [6.07, 6.45) is 3.35. The zero-order valence-electron chi connectivity index (χ0n) is 19.1. The molecule has 2 amide bonds. The molecule has 0 fully saturated rings. The third kappa shape index (κ3) is 5.83. The number of amides is 2. The lowest BCUT2D eigenvalue weighted by Crippen LogP contribution is -2.45. The summed E-state index contributed by atoms with van der Waals surface area (Å²) in [6.45, 7) is 1.94. The molecule has 1 aromatic heterocycles. The number of H-pyrrole nitrogens is 1. The van der Waals surface area contributed by atoms with E-state index >= 15 is 0 Å². The Hall–Kier alpha value is -4.65. The van der Waals surface area contributed by atoms with Crippen molar-refractivity contribution in [3.05, 3.63) is 113 Å². The van der Waals surface area contributed by atoms with Crippen LogP contribution >= 0.6 is 0 Å². The number of hydrogen-bond acceptors (Lipinski definition) is 3. The first kappa shape index (κ1) is 23.5. The monoisotopic (exact) mass is 467 g/mol. The van der Waals surface area contributed by atoms with E-state index in [0.717, 1.165) is 22.0 Å². The minimum atomic E-state index is -1.20. The standard InChI is InChI=1S/C28H25N3O4/c1-18-11-13-19(14-12-18)15-24(30-26(32)20-7-3-2-4-8-20)27(33)31-25(28(34)35)16-21-17-29-23-10-6-5-9-22(21)23/h2-15,17,25,29H,16H2,1H3,(H,30,32)(H,31,33)(H,34,35). The molecule has 0 aliphatic heterocycles. The lowest BCUT2D eigenvalue weighted by Gasteiger charge is -2.17. The highest BCUT2D eigenvalue weighted by Gasteiger charge is 2.24. The van der Waals surface area contributed by atoms with Gasteiger partial charge in [-0.3, -0.25) is 9.59 Å². The van der Waals surface area contributed by atoms with Crippen LogP contribution in [0.4, 0.5) is 0 Å². The molecule has 35 heavy (non-hydrogen) atoms. The summed E-state index contributed by atoms with van der Waals surface area (Å²) < 4.78 is 0. The highest BCUT2D eigenvalue weighted by molar-refractivity contribution is 6.06. The lowest BCUT2D eigenvalue weighted by atomic mass is 10.0. The normalized spacial score (nSPS) is 12.2. The molecule has 3 aromatic carbocycles. The SMILES string of the molecule is Cc1ccc(C=C(NC(=O)c2ccccc2)C(=O)NC(Cc2c[nH]c3ccccc23)C(=O)O)cc1. The van der Waals surface area contributed by atoms with E-state index in [1.54, 1.807) is 36.5 Å². The van der Waals surface area contributed by atoms with Crippen LogP contribution in [0.3, 0.4) is 0 Å². The van der Waals surface area contributed by atoms with Crippen LogP contribution in [0.1, 0.15) is 27.0 Å². The molecule has 4 rings (SSSR count). The van der Waals surface area contributed by atoms with Crippen LogP contribution in [0.2, 0.25) is 0 Å². The zero-order chi connectivity index (χ0) is 24.8. The van der Waals surface area contributed by atoms with Gasteiger partial charge in [-0.2, -0.15) is 0 Å². The van der Waals surface area contributed by atoms with Crippen molar-refractivity contribution < 1.29 is 19.5 Å². The van der Waals surface area contributed by atoms with Gasteiger partial charge in [0.25, 0.3) is 11.8 Å². The van der Waals surface area contributed by atoms with Crippen molar-refractivity contribution in [1.82, 2.24) is 15.6 Å². The van der Waals surface area contributed by atoms with Gasteiger partial charge in [-0.05, 0) is 42.3 Å². The summed E-state index contributed by atoms with van der Waals surface area (Å²) in [4.78, 5) is 41.1. The first-order chi connectivity index (χ1) is 16.9. The molecule has 176 valence electrons. The number of benzene rings is 3. The number of rotatable bonds is 8. The Balaban J connectivity index is 1.59. The Morgan fingerprint density at radius 1 is 0.943 bits per heavy atom. The van der Waals surface area contributed by atoms with Gasteiger partial charge in [0.1, 0.15) is 11.7 Å². The maximum absolute atomic E-state index is 13.2. The van der Waals surface area contributed by atoms with Gasteiger partial charge in [-0.1, -0.05) is 66.2 Å². The Morgan fingerprint density at radius 2 is 1.63 bits per heavy atom. The van der Waals surface area contributed by atoms with E-state index in [1.807, 2.05) is 55.5 Å². The number of carboxylic acids is 1. The second kappa shape index (κ2) is 10.5. The van der Waals surface area contributed by atoms with Crippen molar-refractivity contribution in [2.75, 3.05) is 0 Å². The largest absolute Gasteiger partial charge is 0.480 e. The first-order valence-electron chi connectivity index (χ1n) is 11.1. The predicted molar refractivity (Wildman–Crippen MR) is 135 cm³/mol. The number of para-hydroxylation sites is 1. The fraction of sp³-hybridized carbons (Fsp3) is 0.107. The third-order valence-electron chi connectivity index (χ3n) is 5.62. The maximum atomic E-state index is 13.2. The maximum Gasteiger partial charge on any atom is 0.326 e. The van der Waals surface area contributed by atoms with E-state index in [9.17, 15) is 19.5 Å². The van der Waals surface area contributed by atoms with Gasteiger partial charge < -0.3 is 20.7 Å². The van der Waals surface area contributed by atoms with E-state index in [2.05, 4.69) is 15.6 Å². The van der Waals surface area contributed by atoms with Crippen molar-refractivity contribution in [2.45, 2.75) is 19.4 Å². The molecule has 1 atom stereocenters. The summed E-state index contributed by atoms with van der Waals surface area (Å²) in [6, 6.07) is 22.3. The van der Waals surface area contributed by atoms with Gasteiger partial charge in [-0.25, -0.2) is 4.79 Å². The highest BCUT2D eigenvalue weighted by Crippen LogP contribution is 2.19. The summed E-state index contributed by atoms with van der Waals surface area (Å²) in [5.74, 6) is -2.34. The van der Waals surface area contributed by atoms with E-state index in [1.165, 1.54) is 6.08 Å². The van der Waals surface area contributed by atoms with Gasteiger partial charge in [0.05, 0.1) is 0 Å². The summed E-state index contributed by atoms with van der Waals surface area (Å²) in [5, 5.41) is 15.9. The third-order valence-corrected chi connectivity index (χ3v) is 5.62. The van der Waals surface area contributed by atoms with Crippen molar-refractivity contribution in [2.24, 2.45) is 0 Å². The second-order valence-electron chi connectivity index (χ2n) is 8.22. The number of carboxylic acid groups (broad SMARTS) is 1. The van der Waals surface area contributed by atoms with Crippen molar-refractivity contribution in [3.63, 3.8) is 0 Å². The van der Waals surface area contributed by atoms with Crippen molar-refractivity contribution in [3.8, 4) is 0 Å². The molecule has 7 heteroatoms. The molecule has 0 aliphatic carbocycles. The number of hydrogen-bond donors (Lipinski definition) is 4. The van der Waals surface area contributed by atoms with Crippen LogP contribution < -0.4 is 10.6 Å². The summed E-state index contributed by atoms with van der Waals surface area (Å²) in [7, 11) is 0. The highest BCUT2D eigenvalue weighted by atomic mass is 16.4. The Bertz CT molecular complexity index is 1390. The Morgan fingerprint density at radius 3 is 2.34 bits per heavy atom. The average Bonchev–Trinajstić information content (AvgIpc) is 3.27. The minimum absolute atomic E-state index is 0.0483. The molecule has 1 heterocycles. The minimum Gasteiger partial charge on any atom is -0.480 e. The molecule has 0 bridgehead atoms. The Kier molecular flexibility index (Phi) is 7.07. The molecule has 0 saturated carbocycles. The van der Waals surface area contributed by atoms with Gasteiger partial charge in [0.2, 0.25) is 0 Å². The van der Waals surface area contributed by atoms with Gasteiger partial charge >= 0.3 is 5.97 Å². The van der Waals surface area contributed by atoms with Crippen molar-refractivity contribution >= 4 is 34.8 Å². The first-order valence-corrected chi connectivity index (χ1v) is 11.1. The van der Waals surface area contributed by atoms with Crippen molar-refractivity contribution in [1.29, 1.82) is 0 Å². The van der Waals surface area contributed by atoms with Crippen LogP contribution in [-0.2, 0) is 16.0 Å². The average molecular weight is 468 g/mol. The molecular weight excluding hydrogens is 442 g/mol. The summed E-state index contributed by atoms with van der Waals surface area (Å²) >= 11 is 0. The molecule has 1 unspecified atom stereocenters. The van der Waals surface area contributed by atoms with E-state index < -0.39 is 23.8 Å². The molecule has 7 nitrogen and oxygen atoms in total. The number of fused-ring (bicyclic) bond motifs is 1. The number of aromatic amines is 1. The molecule has 0 spiro atoms. The van der Waals surface area contributed by atoms with Gasteiger partial charge in [0.15, 0.2) is 0 Å². The molecule has 4 N–H and O–H groups in total. The van der Waals surface area contributed by atoms with Crippen LogP contribution in [0.5, 0.6) is 0 Å². The van der Waals surface area contributed by atoms with Crippen LogP contribution in [-0.4, -0.2) is 33.9 Å². The fourth-order valence-electron chi connectivity index (χ4n) is 3.73. The molecule has 4 aromatic rings. The topological polar surface area (TPSA) is 111 Å². The number of aromatic nitrogens is 1. The predicted octanol–water partition coefficient (Wildman–Crippen LogP) is 4.06. The summed E-state index contributed by atoms with van der Waals surface area (Å²) in [5.41, 5.74) is 3.72. The smallest absolute Gasteiger partial charge is 0.326 e. The van der Waals surface area contributed by atoms with Crippen LogP contribution in [0.25, 0.3) is 17.0 Å². The van der Waals surface area contributed by atoms with Crippen LogP contribution in [0, 0.1) is 6.92 Å². The Labute approximate surface area is 202 Å². The van der Waals surface area contributed by atoms with Crippen LogP contribution in [0.15, 0.2) is 90.8 Å². The molecule has 0 aliphatic rings. The molecule has 0 radical (unpaired) electrons. The molecule has 0 saturated heterocycles. The van der Waals surface area contributed by atoms with E-state index in [-0.39, 0.29) is 12.1 Å². The van der Waals surface area contributed by atoms with Gasteiger partial charge in [0, 0.05) is 29.1 Å².